The third kappa shape index (κ3) is 3.02. The van der Waals surface area contributed by atoms with Gasteiger partial charge in [-0.15, -0.1) is 0 Å². The van der Waals surface area contributed by atoms with Gasteiger partial charge in [0, 0.05) is 31.0 Å². The van der Waals surface area contributed by atoms with Crippen molar-refractivity contribution in [3.8, 4) is 17.3 Å². The van der Waals surface area contributed by atoms with E-state index in [-0.39, 0.29) is 12.1 Å². The fourth-order valence-corrected chi connectivity index (χ4v) is 3.86. The first-order valence-corrected chi connectivity index (χ1v) is 9.36. The Morgan fingerprint density at radius 2 is 2.14 bits per heavy atom. The van der Waals surface area contributed by atoms with Gasteiger partial charge in [-0.05, 0) is 42.8 Å². The summed E-state index contributed by atoms with van der Waals surface area (Å²) in [7, 11) is 0. The van der Waals surface area contributed by atoms with E-state index >= 15 is 0 Å². The van der Waals surface area contributed by atoms with Crippen LogP contribution in [-0.4, -0.2) is 40.1 Å². The lowest BCUT2D eigenvalue weighted by Crippen LogP contribution is -2.48. The number of amides is 2. The topological polar surface area (TPSA) is 98.0 Å². The van der Waals surface area contributed by atoms with Gasteiger partial charge in [-0.2, -0.15) is 5.26 Å². The van der Waals surface area contributed by atoms with Gasteiger partial charge in [-0.25, -0.2) is 14.8 Å². The second-order valence-corrected chi connectivity index (χ2v) is 7.01. The zero-order valence-corrected chi connectivity index (χ0v) is 15.5. The molecule has 8 nitrogen and oxygen atoms in total. The molecule has 2 amide bonds. The zero-order valence-electron chi connectivity index (χ0n) is 15.5. The maximum absolute atomic E-state index is 13.1. The second kappa shape index (κ2) is 6.87. The minimum atomic E-state index is -0.214. The predicted octanol–water partition coefficient (Wildman–Crippen LogP) is 3.04. The Kier molecular flexibility index (Phi) is 4.06. The number of aromatic nitrogens is 3. The number of anilines is 3. The minimum Gasteiger partial charge on any atom is -0.366 e. The van der Waals surface area contributed by atoms with Gasteiger partial charge in [-0.3, -0.25) is 9.88 Å². The summed E-state index contributed by atoms with van der Waals surface area (Å²) in [6.45, 7) is 1.70. The van der Waals surface area contributed by atoms with Gasteiger partial charge in [0.05, 0.1) is 29.3 Å². The normalized spacial score (nSPS) is 16.9. The highest BCUT2D eigenvalue weighted by Gasteiger charge is 2.40. The van der Waals surface area contributed by atoms with Gasteiger partial charge in [0.1, 0.15) is 11.8 Å². The number of fused-ring (bicyclic) bond motifs is 4. The molecule has 0 aliphatic carbocycles. The number of hydrogen-bond acceptors (Lipinski definition) is 6. The molecule has 3 aromatic rings. The molecule has 3 aromatic heterocycles. The van der Waals surface area contributed by atoms with Crippen molar-refractivity contribution < 1.29 is 4.79 Å². The summed E-state index contributed by atoms with van der Waals surface area (Å²) >= 11 is 0. The van der Waals surface area contributed by atoms with Crippen LogP contribution in [0.2, 0.25) is 0 Å². The molecule has 0 aromatic carbocycles. The highest BCUT2D eigenvalue weighted by atomic mass is 16.2. The Bertz CT molecular complexity index is 1110. The van der Waals surface area contributed by atoms with E-state index in [1.54, 1.807) is 35.6 Å². The number of carbonyl (C=O) groups excluding carboxylic acids is 1. The number of pyridine rings is 3. The molecule has 0 spiro atoms. The van der Waals surface area contributed by atoms with Crippen molar-refractivity contribution in [2.45, 2.75) is 12.5 Å². The van der Waals surface area contributed by atoms with Crippen LogP contribution in [0.1, 0.15) is 12.1 Å². The summed E-state index contributed by atoms with van der Waals surface area (Å²) in [6.07, 6.45) is 5.81. The SMILES string of the molecule is N#Cc1ccc(-c2ccc3c(n2)N(C(=O)Nc2cccnc2)[C@H]2CCN3C2)cn1. The number of urea groups is 1. The molecule has 8 heteroatoms. The largest absolute Gasteiger partial charge is 0.366 e. The van der Waals surface area contributed by atoms with Crippen LogP contribution in [0.15, 0.2) is 55.0 Å². The van der Waals surface area contributed by atoms with Crippen molar-refractivity contribution >= 4 is 23.2 Å². The molecule has 142 valence electrons. The molecule has 1 saturated heterocycles. The summed E-state index contributed by atoms with van der Waals surface area (Å²) in [4.78, 5) is 30.1. The Hall–Kier alpha value is -3.99. The number of nitrogens with zero attached hydrogens (tertiary/aromatic N) is 6. The average Bonchev–Trinajstić information content (AvgIpc) is 3.18. The third-order valence-corrected chi connectivity index (χ3v) is 5.26. The maximum atomic E-state index is 13.1. The third-order valence-electron chi connectivity index (χ3n) is 5.26. The minimum absolute atomic E-state index is 0.0704. The first kappa shape index (κ1) is 17.1. The molecule has 2 bridgehead atoms. The molecular weight excluding hydrogens is 366 g/mol. The molecule has 2 aliphatic rings. The van der Waals surface area contributed by atoms with E-state index in [1.807, 2.05) is 30.3 Å². The van der Waals surface area contributed by atoms with Gasteiger partial charge < -0.3 is 10.2 Å². The summed E-state index contributed by atoms with van der Waals surface area (Å²) in [5, 5.41) is 11.9. The maximum Gasteiger partial charge on any atom is 0.327 e. The summed E-state index contributed by atoms with van der Waals surface area (Å²) in [5.41, 5.74) is 3.46. The van der Waals surface area contributed by atoms with Crippen LogP contribution in [0.3, 0.4) is 0 Å². The molecule has 2 aliphatic heterocycles. The van der Waals surface area contributed by atoms with Crippen LogP contribution in [0.4, 0.5) is 22.0 Å². The van der Waals surface area contributed by atoms with Gasteiger partial charge in [0.25, 0.3) is 0 Å². The predicted molar refractivity (Wildman–Crippen MR) is 109 cm³/mol. The molecular formula is C21H17N7O. The van der Waals surface area contributed by atoms with Gasteiger partial charge in [-0.1, -0.05) is 0 Å². The average molecular weight is 383 g/mol. The van der Waals surface area contributed by atoms with Crippen LogP contribution >= 0.6 is 0 Å². The van der Waals surface area contributed by atoms with Gasteiger partial charge in [0.2, 0.25) is 0 Å². The molecule has 1 atom stereocenters. The number of carbonyl (C=O) groups is 1. The van der Waals surface area contributed by atoms with Crippen LogP contribution in [0, 0.1) is 11.3 Å². The van der Waals surface area contributed by atoms with Crippen LogP contribution in [-0.2, 0) is 0 Å². The smallest absolute Gasteiger partial charge is 0.327 e. The Balaban J connectivity index is 1.52. The number of nitrogens with one attached hydrogen (secondary N) is 1. The summed E-state index contributed by atoms with van der Waals surface area (Å²) in [6, 6.07) is 12.9. The molecule has 0 unspecified atom stereocenters. The highest BCUT2D eigenvalue weighted by Crippen LogP contribution is 2.40. The molecule has 5 rings (SSSR count). The lowest BCUT2D eigenvalue weighted by molar-refractivity contribution is 0.255. The lowest BCUT2D eigenvalue weighted by atomic mass is 10.1. The summed E-state index contributed by atoms with van der Waals surface area (Å²) < 4.78 is 0. The van der Waals surface area contributed by atoms with Gasteiger partial charge >= 0.3 is 6.03 Å². The zero-order chi connectivity index (χ0) is 19.8. The van der Waals surface area contributed by atoms with Gasteiger partial charge in [0.15, 0.2) is 5.82 Å². The first-order valence-electron chi connectivity index (χ1n) is 9.36. The fraction of sp³-hybridized carbons (Fsp3) is 0.190. The van der Waals surface area contributed by atoms with Crippen LogP contribution < -0.4 is 15.1 Å². The Labute approximate surface area is 167 Å². The van der Waals surface area contributed by atoms with E-state index in [1.165, 1.54) is 0 Å². The van der Waals surface area contributed by atoms with E-state index < -0.39 is 0 Å². The molecule has 29 heavy (non-hydrogen) atoms. The first-order chi connectivity index (χ1) is 14.2. The highest BCUT2D eigenvalue weighted by molar-refractivity contribution is 6.04. The van der Waals surface area contributed by atoms with Crippen molar-refractivity contribution in [2.24, 2.45) is 0 Å². The van der Waals surface area contributed by atoms with E-state index in [9.17, 15) is 4.79 Å². The Morgan fingerprint density at radius 1 is 1.21 bits per heavy atom. The molecule has 5 heterocycles. The molecule has 0 saturated carbocycles. The molecule has 0 radical (unpaired) electrons. The number of nitriles is 1. The summed E-state index contributed by atoms with van der Waals surface area (Å²) in [5.74, 6) is 0.641. The number of rotatable bonds is 2. The van der Waals surface area contributed by atoms with E-state index in [0.717, 1.165) is 30.8 Å². The van der Waals surface area contributed by atoms with Crippen molar-refractivity contribution in [3.05, 3.63) is 60.7 Å². The standard InChI is InChI=1S/C21H17N7O/c22-10-15-4-3-14(11-24-15)18-5-6-19-20(26-18)28(17-7-9-27(19)13-17)21(29)25-16-2-1-8-23-12-16/h1-6,8,11-12,17H,7,9,13H2,(H,25,29)/t17-/m0/s1. The van der Waals surface area contributed by atoms with E-state index in [4.69, 9.17) is 10.2 Å². The van der Waals surface area contributed by atoms with Crippen LogP contribution in [0.25, 0.3) is 11.3 Å². The quantitative estimate of drug-likeness (QED) is 0.730. The Morgan fingerprint density at radius 3 is 2.90 bits per heavy atom. The van der Waals surface area contributed by atoms with Crippen molar-refractivity contribution in [3.63, 3.8) is 0 Å². The lowest BCUT2D eigenvalue weighted by Gasteiger charge is -2.35. The monoisotopic (exact) mass is 383 g/mol. The fourth-order valence-electron chi connectivity index (χ4n) is 3.86. The second-order valence-electron chi connectivity index (χ2n) is 7.01. The van der Waals surface area contributed by atoms with Crippen LogP contribution in [0.5, 0.6) is 0 Å². The van der Waals surface area contributed by atoms with Crippen molar-refractivity contribution in [1.82, 2.24) is 15.0 Å². The molecule has 1 fully saturated rings. The van der Waals surface area contributed by atoms with E-state index in [0.29, 0.717) is 22.9 Å². The van der Waals surface area contributed by atoms with Crippen molar-refractivity contribution in [2.75, 3.05) is 28.2 Å². The molecule has 1 N–H and O–H groups in total. The van der Waals surface area contributed by atoms with E-state index in [2.05, 4.69) is 20.2 Å². The number of hydrogen-bond donors (Lipinski definition) is 1. The van der Waals surface area contributed by atoms with Crippen molar-refractivity contribution in [1.29, 1.82) is 5.26 Å².